The largest absolute Gasteiger partial charge is 0.330 e. The van der Waals surface area contributed by atoms with E-state index >= 15 is 0 Å². The zero-order valence-electron chi connectivity index (χ0n) is 16.7. The third-order valence-electron chi connectivity index (χ3n) is 4.55. The van der Waals surface area contributed by atoms with Crippen molar-refractivity contribution in [3.8, 4) is 0 Å². The summed E-state index contributed by atoms with van der Waals surface area (Å²) in [5.41, 5.74) is 2.78. The van der Waals surface area contributed by atoms with Gasteiger partial charge < -0.3 is 10.2 Å². The normalized spacial score (nSPS) is 10.7. The number of unbranched alkanes of at least 4 members (excludes halogenated alkanes) is 2. The van der Waals surface area contributed by atoms with Crippen LogP contribution in [0.4, 0.5) is 5.13 Å². The van der Waals surface area contributed by atoms with E-state index < -0.39 is 0 Å². The van der Waals surface area contributed by atoms with Crippen LogP contribution in [0.1, 0.15) is 59.6 Å². The van der Waals surface area contributed by atoms with E-state index in [2.05, 4.69) is 17.2 Å². The first-order chi connectivity index (χ1) is 12.9. The molecule has 1 N–H and O–H groups in total. The van der Waals surface area contributed by atoms with Crippen molar-refractivity contribution in [2.45, 2.75) is 53.4 Å². The van der Waals surface area contributed by atoms with E-state index in [4.69, 9.17) is 0 Å². The number of rotatable bonds is 9. The average Bonchev–Trinajstić information content (AvgIpc) is 2.97. The molecule has 0 atom stereocenters. The van der Waals surface area contributed by atoms with E-state index in [0.29, 0.717) is 17.2 Å². The van der Waals surface area contributed by atoms with Crippen molar-refractivity contribution in [3.05, 3.63) is 46.0 Å². The minimum atomic E-state index is -0.227. The summed E-state index contributed by atoms with van der Waals surface area (Å²) in [5.74, 6) is -0.352. The van der Waals surface area contributed by atoms with Crippen LogP contribution >= 0.6 is 11.3 Å². The van der Waals surface area contributed by atoms with Gasteiger partial charge >= 0.3 is 0 Å². The lowest BCUT2D eigenvalue weighted by Gasteiger charge is -2.20. The van der Waals surface area contributed by atoms with Crippen molar-refractivity contribution in [1.82, 2.24) is 9.88 Å². The van der Waals surface area contributed by atoms with E-state index in [1.807, 2.05) is 45.0 Å². The monoisotopic (exact) mass is 387 g/mol. The highest BCUT2D eigenvalue weighted by atomic mass is 32.1. The molecular formula is C21H29N3O2S. The molecule has 0 fully saturated rings. The average molecular weight is 388 g/mol. The molecule has 27 heavy (non-hydrogen) atoms. The Morgan fingerprint density at radius 2 is 1.81 bits per heavy atom. The van der Waals surface area contributed by atoms with Crippen LogP contribution in [0.25, 0.3) is 0 Å². The molecule has 1 heterocycles. The van der Waals surface area contributed by atoms with Gasteiger partial charge in [-0.3, -0.25) is 9.59 Å². The molecule has 0 saturated heterocycles. The van der Waals surface area contributed by atoms with Gasteiger partial charge in [0.25, 0.3) is 5.91 Å². The second-order valence-corrected chi connectivity index (χ2v) is 7.89. The van der Waals surface area contributed by atoms with Crippen LogP contribution < -0.4 is 5.32 Å². The number of nitrogens with zero attached hydrogens (tertiary/aromatic N) is 2. The van der Waals surface area contributed by atoms with Crippen LogP contribution in [0.15, 0.2) is 24.3 Å². The lowest BCUT2D eigenvalue weighted by Crippen LogP contribution is -2.37. The maximum atomic E-state index is 12.7. The van der Waals surface area contributed by atoms with Crippen LogP contribution in [-0.2, 0) is 11.2 Å². The highest BCUT2D eigenvalue weighted by Gasteiger charge is 2.18. The first-order valence-corrected chi connectivity index (χ1v) is 10.4. The summed E-state index contributed by atoms with van der Waals surface area (Å²) in [5, 5.41) is 3.37. The fraction of sp³-hybridized carbons (Fsp3) is 0.476. The standard InChI is InChI=1S/C21H29N3O2S/c1-5-7-8-9-17-10-12-18(13-11-17)20(26)24(6-2)14-19(25)23-21-22-15(3)16(4)27-21/h10-13H,5-9,14H2,1-4H3,(H,22,23,25). The summed E-state index contributed by atoms with van der Waals surface area (Å²) in [6, 6.07) is 7.74. The molecule has 0 unspecified atom stereocenters. The number of benzene rings is 1. The Morgan fingerprint density at radius 1 is 1.11 bits per heavy atom. The number of aryl methyl sites for hydroxylation is 3. The fourth-order valence-corrected chi connectivity index (χ4v) is 3.59. The van der Waals surface area contributed by atoms with Crippen molar-refractivity contribution in [2.75, 3.05) is 18.4 Å². The minimum Gasteiger partial charge on any atom is -0.330 e. The van der Waals surface area contributed by atoms with Crippen molar-refractivity contribution in [1.29, 1.82) is 0 Å². The highest BCUT2D eigenvalue weighted by Crippen LogP contribution is 2.21. The first kappa shape index (κ1) is 21.1. The second kappa shape index (κ2) is 10.2. The van der Waals surface area contributed by atoms with Gasteiger partial charge in [-0.1, -0.05) is 31.9 Å². The molecule has 0 saturated carbocycles. The third kappa shape index (κ3) is 6.17. The third-order valence-corrected chi connectivity index (χ3v) is 5.54. The molecule has 146 valence electrons. The van der Waals surface area contributed by atoms with E-state index in [0.717, 1.165) is 17.0 Å². The SMILES string of the molecule is CCCCCc1ccc(C(=O)N(CC)CC(=O)Nc2nc(C)c(C)s2)cc1. The number of aromatic nitrogens is 1. The Balaban J connectivity index is 1.95. The van der Waals surface area contributed by atoms with Gasteiger partial charge in [0, 0.05) is 17.0 Å². The molecule has 0 bridgehead atoms. The molecule has 1 aromatic carbocycles. The molecule has 6 heteroatoms. The molecule has 2 aromatic rings. The van der Waals surface area contributed by atoms with E-state index in [1.165, 1.54) is 36.2 Å². The van der Waals surface area contributed by atoms with Crippen molar-refractivity contribution in [2.24, 2.45) is 0 Å². The topological polar surface area (TPSA) is 62.3 Å². The number of anilines is 1. The van der Waals surface area contributed by atoms with Gasteiger partial charge in [0.1, 0.15) is 6.54 Å². The Hall–Kier alpha value is -2.21. The molecule has 5 nitrogen and oxygen atoms in total. The van der Waals surface area contributed by atoms with Gasteiger partial charge in [0.15, 0.2) is 5.13 Å². The Labute approximate surface area is 165 Å². The fourth-order valence-electron chi connectivity index (χ4n) is 2.76. The van der Waals surface area contributed by atoms with E-state index in [9.17, 15) is 9.59 Å². The Morgan fingerprint density at radius 3 is 2.37 bits per heavy atom. The maximum absolute atomic E-state index is 12.7. The summed E-state index contributed by atoms with van der Waals surface area (Å²) in [6.45, 7) is 8.44. The summed E-state index contributed by atoms with van der Waals surface area (Å²) in [4.78, 5) is 32.0. The van der Waals surface area contributed by atoms with Crippen LogP contribution in [0.2, 0.25) is 0 Å². The maximum Gasteiger partial charge on any atom is 0.254 e. The molecule has 0 aliphatic carbocycles. The van der Waals surface area contributed by atoms with Crippen molar-refractivity contribution >= 4 is 28.3 Å². The number of carbonyl (C=O) groups excluding carboxylic acids is 2. The lowest BCUT2D eigenvalue weighted by atomic mass is 10.0. The molecular weight excluding hydrogens is 358 g/mol. The van der Waals surface area contributed by atoms with Crippen LogP contribution in [-0.4, -0.2) is 34.8 Å². The van der Waals surface area contributed by atoms with Gasteiger partial charge in [-0.15, -0.1) is 11.3 Å². The van der Waals surface area contributed by atoms with E-state index in [1.54, 1.807) is 4.90 Å². The molecule has 1 aromatic heterocycles. The summed E-state index contributed by atoms with van der Waals surface area (Å²) < 4.78 is 0. The molecule has 2 rings (SSSR count). The first-order valence-electron chi connectivity index (χ1n) is 9.56. The summed E-state index contributed by atoms with van der Waals surface area (Å²) in [6.07, 6.45) is 4.62. The van der Waals surface area contributed by atoms with Gasteiger partial charge in [-0.2, -0.15) is 0 Å². The van der Waals surface area contributed by atoms with Gasteiger partial charge in [0.2, 0.25) is 5.91 Å². The van der Waals surface area contributed by atoms with Gasteiger partial charge in [0.05, 0.1) is 5.69 Å². The Bertz CT molecular complexity index is 749. The van der Waals surface area contributed by atoms with Crippen LogP contribution in [0, 0.1) is 13.8 Å². The van der Waals surface area contributed by atoms with E-state index in [-0.39, 0.29) is 18.4 Å². The zero-order valence-corrected chi connectivity index (χ0v) is 17.5. The number of hydrogen-bond acceptors (Lipinski definition) is 4. The number of amides is 2. The summed E-state index contributed by atoms with van der Waals surface area (Å²) >= 11 is 1.45. The zero-order chi connectivity index (χ0) is 19.8. The number of carbonyl (C=O) groups is 2. The Kier molecular flexibility index (Phi) is 7.98. The molecule has 0 spiro atoms. The lowest BCUT2D eigenvalue weighted by molar-refractivity contribution is -0.116. The number of thiazole rings is 1. The predicted octanol–water partition coefficient (Wildman–Crippen LogP) is 4.59. The predicted molar refractivity (Wildman–Crippen MR) is 111 cm³/mol. The quantitative estimate of drug-likeness (QED) is 0.640. The summed E-state index contributed by atoms with van der Waals surface area (Å²) in [7, 11) is 0. The number of hydrogen-bond donors (Lipinski definition) is 1. The number of likely N-dealkylation sites (N-methyl/N-ethyl adjacent to an activating group) is 1. The molecule has 0 radical (unpaired) electrons. The second-order valence-electron chi connectivity index (χ2n) is 6.68. The minimum absolute atomic E-state index is 0.0191. The van der Waals surface area contributed by atoms with Crippen LogP contribution in [0.3, 0.4) is 0 Å². The molecule has 0 aliphatic heterocycles. The molecule has 2 amide bonds. The molecule has 0 aliphatic rings. The van der Waals surface area contributed by atoms with Crippen molar-refractivity contribution in [3.63, 3.8) is 0 Å². The van der Waals surface area contributed by atoms with Gasteiger partial charge in [-0.25, -0.2) is 4.98 Å². The smallest absolute Gasteiger partial charge is 0.254 e. The van der Waals surface area contributed by atoms with Gasteiger partial charge in [-0.05, 0) is 51.3 Å². The van der Waals surface area contributed by atoms with Crippen molar-refractivity contribution < 1.29 is 9.59 Å². The van der Waals surface area contributed by atoms with Crippen LogP contribution in [0.5, 0.6) is 0 Å². The highest BCUT2D eigenvalue weighted by molar-refractivity contribution is 7.15. The number of nitrogens with one attached hydrogen (secondary N) is 1.